The van der Waals surface area contributed by atoms with E-state index < -0.39 is 0 Å². The zero-order chi connectivity index (χ0) is 13.3. The number of aromatic nitrogens is 2. The maximum atomic E-state index is 11.8. The highest BCUT2D eigenvalue weighted by Crippen LogP contribution is 2.22. The third-order valence-corrected chi connectivity index (χ3v) is 3.15. The molecular weight excluding hydrogens is 270 g/mol. The van der Waals surface area contributed by atoms with Crippen molar-refractivity contribution in [3.63, 3.8) is 0 Å². The summed E-state index contributed by atoms with van der Waals surface area (Å²) >= 11 is 11.3. The van der Waals surface area contributed by atoms with E-state index in [0.717, 1.165) is 11.0 Å². The summed E-state index contributed by atoms with van der Waals surface area (Å²) in [5.74, 6) is -0.0676. The molecule has 0 radical (unpaired) electrons. The Balaban J connectivity index is 2.39. The molecule has 1 amide bonds. The van der Waals surface area contributed by atoms with Gasteiger partial charge in [-0.1, -0.05) is 17.7 Å². The highest BCUT2D eigenvalue weighted by Gasteiger charge is 2.10. The summed E-state index contributed by atoms with van der Waals surface area (Å²) in [7, 11) is 0. The van der Waals surface area contributed by atoms with E-state index in [4.69, 9.17) is 23.8 Å². The smallest absolute Gasteiger partial charge is 0.240 e. The van der Waals surface area contributed by atoms with Crippen molar-refractivity contribution in [3.05, 3.63) is 28.0 Å². The van der Waals surface area contributed by atoms with Gasteiger partial charge >= 0.3 is 0 Å². The Morgan fingerprint density at radius 1 is 1.56 bits per heavy atom. The first-order valence-electron chi connectivity index (χ1n) is 5.65. The Bertz CT molecular complexity index is 644. The number of aromatic amines is 1. The number of fused-ring (bicyclic) bond motifs is 1. The Labute approximate surface area is 115 Å². The molecule has 0 bridgehead atoms. The molecule has 1 aromatic heterocycles. The number of halogens is 1. The summed E-state index contributed by atoms with van der Waals surface area (Å²) in [6.45, 7) is 4.03. The van der Waals surface area contributed by atoms with Crippen LogP contribution < -0.4 is 5.32 Å². The summed E-state index contributed by atoms with van der Waals surface area (Å²) in [5.41, 5.74) is 1.60. The van der Waals surface area contributed by atoms with Crippen molar-refractivity contribution >= 4 is 40.8 Å². The summed E-state index contributed by atoms with van der Waals surface area (Å²) in [6, 6.07) is 5.62. The monoisotopic (exact) mass is 283 g/mol. The van der Waals surface area contributed by atoms with Crippen LogP contribution in [-0.2, 0) is 11.3 Å². The second-order valence-corrected chi connectivity index (χ2v) is 5.17. The van der Waals surface area contributed by atoms with Crippen LogP contribution in [0.15, 0.2) is 18.2 Å². The van der Waals surface area contributed by atoms with Crippen molar-refractivity contribution in [1.82, 2.24) is 14.9 Å². The molecule has 1 heterocycles. The number of nitrogens with zero attached hydrogens (tertiary/aromatic N) is 1. The highest BCUT2D eigenvalue weighted by molar-refractivity contribution is 7.71. The molecule has 0 aliphatic heterocycles. The molecule has 2 rings (SSSR count). The van der Waals surface area contributed by atoms with Crippen LogP contribution >= 0.6 is 23.8 Å². The van der Waals surface area contributed by atoms with Crippen LogP contribution in [0.25, 0.3) is 11.0 Å². The molecule has 0 spiro atoms. The Morgan fingerprint density at radius 2 is 2.28 bits per heavy atom. The lowest BCUT2D eigenvalue weighted by Crippen LogP contribution is -2.33. The van der Waals surface area contributed by atoms with Gasteiger partial charge in [0.05, 0.1) is 16.1 Å². The zero-order valence-electron chi connectivity index (χ0n) is 10.2. The number of amides is 1. The second kappa shape index (κ2) is 5.12. The first-order valence-corrected chi connectivity index (χ1v) is 6.44. The van der Waals surface area contributed by atoms with Gasteiger partial charge in [0.1, 0.15) is 6.54 Å². The molecule has 6 heteroatoms. The summed E-state index contributed by atoms with van der Waals surface area (Å²) < 4.78 is 2.24. The van der Waals surface area contributed by atoms with E-state index >= 15 is 0 Å². The molecule has 0 saturated carbocycles. The fraction of sp³-hybridized carbons (Fsp3) is 0.333. The molecule has 0 fully saturated rings. The summed E-state index contributed by atoms with van der Waals surface area (Å²) in [4.78, 5) is 14.8. The predicted molar refractivity (Wildman–Crippen MR) is 75.4 cm³/mol. The van der Waals surface area contributed by atoms with Crippen LogP contribution in [0.4, 0.5) is 0 Å². The average Bonchev–Trinajstić information content (AvgIpc) is 2.57. The molecule has 2 aromatic rings. The topological polar surface area (TPSA) is 49.8 Å². The van der Waals surface area contributed by atoms with Gasteiger partial charge in [-0.15, -0.1) is 0 Å². The van der Waals surface area contributed by atoms with Gasteiger partial charge in [0.15, 0.2) is 4.77 Å². The lowest BCUT2D eigenvalue weighted by molar-refractivity contribution is -0.122. The third kappa shape index (κ3) is 2.57. The van der Waals surface area contributed by atoms with E-state index in [1.807, 2.05) is 26.0 Å². The average molecular weight is 284 g/mol. The van der Waals surface area contributed by atoms with Gasteiger partial charge in [0.25, 0.3) is 0 Å². The molecule has 2 N–H and O–H groups in total. The van der Waals surface area contributed by atoms with E-state index in [1.54, 1.807) is 10.6 Å². The minimum atomic E-state index is -0.0676. The van der Waals surface area contributed by atoms with Crippen LogP contribution in [0.1, 0.15) is 13.8 Å². The lowest BCUT2D eigenvalue weighted by atomic mass is 10.3. The number of hydrogen-bond acceptors (Lipinski definition) is 2. The number of hydrogen-bond donors (Lipinski definition) is 2. The van der Waals surface area contributed by atoms with E-state index in [0.29, 0.717) is 9.79 Å². The van der Waals surface area contributed by atoms with Gasteiger partial charge in [0.2, 0.25) is 5.91 Å². The van der Waals surface area contributed by atoms with Gasteiger partial charge in [-0.2, -0.15) is 0 Å². The van der Waals surface area contributed by atoms with Gasteiger partial charge < -0.3 is 14.9 Å². The molecule has 4 nitrogen and oxygen atoms in total. The maximum absolute atomic E-state index is 11.8. The first-order chi connectivity index (χ1) is 8.49. The molecule has 0 unspecified atom stereocenters. The molecule has 96 valence electrons. The minimum absolute atomic E-state index is 0.0676. The van der Waals surface area contributed by atoms with Gasteiger partial charge in [-0.05, 0) is 38.2 Å². The molecule has 1 aromatic carbocycles. The van der Waals surface area contributed by atoms with E-state index in [1.165, 1.54) is 0 Å². The van der Waals surface area contributed by atoms with Gasteiger partial charge in [0, 0.05) is 6.04 Å². The number of rotatable bonds is 3. The number of carbonyl (C=O) groups excluding carboxylic acids is 1. The molecule has 18 heavy (non-hydrogen) atoms. The quantitative estimate of drug-likeness (QED) is 0.851. The SMILES string of the molecule is CC(C)NC(=O)Cn1c(=S)[nH]c2c(Cl)cccc21. The number of para-hydroxylation sites is 1. The molecule has 0 aliphatic carbocycles. The number of benzene rings is 1. The second-order valence-electron chi connectivity index (χ2n) is 4.37. The Hall–Kier alpha value is -1.33. The van der Waals surface area contributed by atoms with Crippen LogP contribution in [0.3, 0.4) is 0 Å². The lowest BCUT2D eigenvalue weighted by Gasteiger charge is -2.09. The van der Waals surface area contributed by atoms with Crippen LogP contribution in [0.2, 0.25) is 5.02 Å². The molecule has 0 aliphatic rings. The standard InChI is InChI=1S/C12H14ClN3OS/c1-7(2)14-10(17)6-16-9-5-3-4-8(13)11(9)15-12(16)18/h3-5,7H,6H2,1-2H3,(H,14,17)(H,15,18). The van der Waals surface area contributed by atoms with Crippen LogP contribution in [0.5, 0.6) is 0 Å². The van der Waals surface area contributed by atoms with Crippen molar-refractivity contribution in [3.8, 4) is 0 Å². The normalized spacial score (nSPS) is 11.1. The van der Waals surface area contributed by atoms with E-state index in [9.17, 15) is 4.79 Å². The minimum Gasteiger partial charge on any atom is -0.352 e. The Kier molecular flexibility index (Phi) is 3.73. The summed E-state index contributed by atoms with van der Waals surface area (Å²) in [5, 5.41) is 3.43. The highest BCUT2D eigenvalue weighted by atomic mass is 35.5. The van der Waals surface area contributed by atoms with Crippen LogP contribution in [-0.4, -0.2) is 21.5 Å². The molecule has 0 saturated heterocycles. The first kappa shape index (κ1) is 13.1. The number of carbonyl (C=O) groups is 1. The van der Waals surface area contributed by atoms with Crippen molar-refractivity contribution in [1.29, 1.82) is 0 Å². The van der Waals surface area contributed by atoms with Gasteiger partial charge in [-0.25, -0.2) is 0 Å². The van der Waals surface area contributed by atoms with Crippen molar-refractivity contribution in [2.45, 2.75) is 26.4 Å². The molecule has 0 atom stereocenters. The third-order valence-electron chi connectivity index (χ3n) is 2.51. The fourth-order valence-corrected chi connectivity index (χ4v) is 2.30. The Morgan fingerprint density at radius 3 is 2.94 bits per heavy atom. The fourth-order valence-electron chi connectivity index (χ4n) is 1.81. The van der Waals surface area contributed by atoms with Crippen LogP contribution in [0, 0.1) is 4.77 Å². The van der Waals surface area contributed by atoms with Crippen molar-refractivity contribution < 1.29 is 4.79 Å². The number of nitrogens with one attached hydrogen (secondary N) is 2. The maximum Gasteiger partial charge on any atom is 0.240 e. The summed E-state index contributed by atoms with van der Waals surface area (Å²) in [6.07, 6.45) is 0. The van der Waals surface area contributed by atoms with E-state index in [-0.39, 0.29) is 18.5 Å². The van der Waals surface area contributed by atoms with Crippen molar-refractivity contribution in [2.24, 2.45) is 0 Å². The number of imidazole rings is 1. The zero-order valence-corrected chi connectivity index (χ0v) is 11.7. The molecular formula is C12H14ClN3OS. The largest absolute Gasteiger partial charge is 0.352 e. The number of H-pyrrole nitrogens is 1. The predicted octanol–water partition coefficient (Wildman–Crippen LogP) is 2.88. The van der Waals surface area contributed by atoms with E-state index in [2.05, 4.69) is 10.3 Å². The van der Waals surface area contributed by atoms with Crippen molar-refractivity contribution in [2.75, 3.05) is 0 Å². The van der Waals surface area contributed by atoms with Gasteiger partial charge in [-0.3, -0.25) is 4.79 Å².